The van der Waals surface area contributed by atoms with Gasteiger partial charge in [0.05, 0.1) is 4.90 Å². The summed E-state index contributed by atoms with van der Waals surface area (Å²) in [5.41, 5.74) is -0.0556. The molecule has 2 rings (SSSR count). The molecule has 10 heteroatoms. The van der Waals surface area contributed by atoms with Crippen molar-refractivity contribution in [1.29, 1.82) is 5.39 Å². The zero-order valence-electron chi connectivity index (χ0n) is 11.0. The van der Waals surface area contributed by atoms with E-state index >= 15 is 0 Å². The Kier molecular flexibility index (Phi) is 5.72. The van der Waals surface area contributed by atoms with Crippen LogP contribution in [0.25, 0.3) is 4.98 Å². The topological polar surface area (TPSA) is 146 Å². The highest BCUT2D eigenvalue weighted by Gasteiger charge is 2.21. The van der Waals surface area contributed by atoms with Crippen LogP contribution in [0.1, 0.15) is 0 Å². The Morgan fingerprint density at radius 2 is 1.41 bits per heavy atom. The van der Waals surface area contributed by atoms with Crippen LogP contribution in [-0.4, -0.2) is 21.4 Å². The Bertz CT molecular complexity index is 888. The fourth-order valence-corrected chi connectivity index (χ4v) is 2.53. The summed E-state index contributed by atoms with van der Waals surface area (Å²) >= 11 is 0. The van der Waals surface area contributed by atoms with Crippen LogP contribution < -0.4 is 5.14 Å². The van der Waals surface area contributed by atoms with Crippen molar-refractivity contribution in [3.05, 3.63) is 59.6 Å². The molecule has 0 radical (unpaired) electrons. The third-order valence-corrected chi connectivity index (χ3v) is 4.12. The Labute approximate surface area is 127 Å². The van der Waals surface area contributed by atoms with Gasteiger partial charge in [0.2, 0.25) is 15.4 Å². The van der Waals surface area contributed by atoms with E-state index in [1.807, 2.05) is 0 Å². The predicted molar refractivity (Wildman–Crippen MR) is 77.0 cm³/mol. The second kappa shape index (κ2) is 7.10. The van der Waals surface area contributed by atoms with Crippen LogP contribution in [-0.2, 0) is 20.1 Å². The smallest absolute Gasteiger partial charge is 0.404 e. The van der Waals surface area contributed by atoms with Gasteiger partial charge in [-0.3, -0.25) is 0 Å². The van der Waals surface area contributed by atoms with Gasteiger partial charge in [0.1, 0.15) is 10.1 Å². The summed E-state index contributed by atoms with van der Waals surface area (Å²) < 4.78 is 52.5. The standard InChI is InChI=1S/C6H6N3O2S.C6H6O3S/c7-9-5-3-1-2-4-6(5)12(8,10)11;7-10(8,9)6-4-2-1-3-5-6/h1-4H,(H2,8,10,11);1-5H,(H,7,8,9)/q+1;/p-1. The quantitative estimate of drug-likeness (QED) is 0.645. The van der Waals surface area contributed by atoms with Gasteiger partial charge in [-0.1, -0.05) is 30.3 Å². The van der Waals surface area contributed by atoms with E-state index in [9.17, 15) is 21.4 Å². The van der Waals surface area contributed by atoms with E-state index in [4.69, 9.17) is 10.5 Å². The van der Waals surface area contributed by atoms with E-state index < -0.39 is 20.1 Å². The normalized spacial score (nSPS) is 11.0. The molecule has 0 bridgehead atoms. The molecule has 0 aliphatic rings. The van der Waals surface area contributed by atoms with Crippen molar-refractivity contribution >= 4 is 25.8 Å². The molecule has 0 unspecified atom stereocenters. The number of primary sulfonamides is 1. The van der Waals surface area contributed by atoms with E-state index in [-0.39, 0.29) is 15.5 Å². The van der Waals surface area contributed by atoms with Gasteiger partial charge in [-0.05, 0) is 18.2 Å². The largest absolute Gasteiger partial charge is 0.744 e. The number of nitrogens with zero attached hydrogens (tertiary/aromatic N) is 2. The summed E-state index contributed by atoms with van der Waals surface area (Å²) in [5, 5.41) is 13.2. The average Bonchev–Trinajstić information content (AvgIpc) is 2.47. The van der Waals surface area contributed by atoms with Gasteiger partial charge in [-0.2, -0.15) is 0 Å². The molecule has 0 fully saturated rings. The third kappa shape index (κ3) is 5.23. The number of diazo groups is 1. The number of sulfonamides is 1. The summed E-state index contributed by atoms with van der Waals surface area (Å²) in [7, 11) is -8.05. The lowest BCUT2D eigenvalue weighted by molar-refractivity contribution is 0.463. The number of hydrogen-bond donors (Lipinski definition) is 1. The molecule has 0 heterocycles. The van der Waals surface area contributed by atoms with E-state index in [1.54, 1.807) is 12.1 Å². The van der Waals surface area contributed by atoms with Crippen LogP contribution in [0.15, 0.2) is 64.4 Å². The summed E-state index contributed by atoms with van der Waals surface area (Å²) in [6, 6.07) is 12.8. The Hall–Kier alpha value is -2.32. The van der Waals surface area contributed by atoms with Crippen molar-refractivity contribution in [2.24, 2.45) is 5.14 Å². The van der Waals surface area contributed by atoms with Gasteiger partial charge in [-0.25, -0.2) is 22.0 Å². The van der Waals surface area contributed by atoms with Crippen molar-refractivity contribution < 1.29 is 21.4 Å². The van der Waals surface area contributed by atoms with E-state index in [1.165, 1.54) is 42.5 Å². The van der Waals surface area contributed by atoms with Gasteiger partial charge >= 0.3 is 5.69 Å². The van der Waals surface area contributed by atoms with Crippen molar-refractivity contribution in [1.82, 2.24) is 0 Å². The zero-order valence-corrected chi connectivity index (χ0v) is 12.7. The summed E-state index contributed by atoms with van der Waals surface area (Å²) in [5.74, 6) is 0. The second-order valence-electron chi connectivity index (χ2n) is 3.88. The molecule has 0 saturated carbocycles. The minimum atomic E-state index is -4.25. The fraction of sp³-hybridized carbons (Fsp3) is 0. The highest BCUT2D eigenvalue weighted by Crippen LogP contribution is 2.21. The number of benzene rings is 2. The Morgan fingerprint density at radius 1 is 0.909 bits per heavy atom. The van der Waals surface area contributed by atoms with Crippen LogP contribution in [0, 0.1) is 5.39 Å². The van der Waals surface area contributed by atoms with Crippen LogP contribution >= 0.6 is 0 Å². The first-order chi connectivity index (χ1) is 10.2. The van der Waals surface area contributed by atoms with Gasteiger partial charge in [-0.15, -0.1) is 0 Å². The van der Waals surface area contributed by atoms with Crippen molar-refractivity contribution in [3.63, 3.8) is 0 Å². The van der Waals surface area contributed by atoms with Crippen molar-refractivity contribution in [2.75, 3.05) is 0 Å². The first-order valence-corrected chi connectivity index (χ1v) is 8.59. The molecule has 2 aromatic rings. The van der Waals surface area contributed by atoms with Crippen molar-refractivity contribution in [2.45, 2.75) is 9.79 Å². The maximum atomic E-state index is 10.8. The highest BCUT2D eigenvalue weighted by atomic mass is 32.2. The molecule has 0 atom stereocenters. The zero-order chi connectivity index (χ0) is 16.8. The molecule has 0 spiro atoms. The molecule has 0 aliphatic carbocycles. The van der Waals surface area contributed by atoms with Crippen LogP contribution in [0.5, 0.6) is 0 Å². The molecule has 8 nitrogen and oxygen atoms in total. The maximum Gasteiger partial charge on any atom is 0.404 e. The average molecular weight is 341 g/mol. The molecule has 22 heavy (non-hydrogen) atoms. The Morgan fingerprint density at radius 3 is 1.77 bits per heavy atom. The SMILES string of the molecule is N#[N+]c1ccccc1S(N)(=O)=O.O=S(=O)([O-])c1ccccc1. The molecule has 0 aromatic heterocycles. The van der Waals surface area contributed by atoms with E-state index in [0.29, 0.717) is 0 Å². The van der Waals surface area contributed by atoms with E-state index in [2.05, 4.69) is 4.98 Å². The van der Waals surface area contributed by atoms with Crippen LogP contribution in [0.3, 0.4) is 0 Å². The first kappa shape index (κ1) is 17.7. The minimum absolute atomic E-state index is 0.0556. The summed E-state index contributed by atoms with van der Waals surface area (Å²) in [6.45, 7) is 0. The van der Waals surface area contributed by atoms with E-state index in [0.717, 1.165) is 0 Å². The van der Waals surface area contributed by atoms with Gasteiger partial charge in [0, 0.05) is 6.07 Å². The molecule has 0 saturated heterocycles. The number of rotatable bonds is 2. The molecule has 0 amide bonds. The lowest BCUT2D eigenvalue weighted by atomic mass is 10.3. The monoisotopic (exact) mass is 341 g/mol. The third-order valence-electron chi connectivity index (χ3n) is 2.31. The molecule has 2 aromatic carbocycles. The van der Waals surface area contributed by atoms with Crippen molar-refractivity contribution in [3.8, 4) is 0 Å². The fourth-order valence-electron chi connectivity index (χ4n) is 1.37. The molecular formula is C12H11N3O5S2. The summed E-state index contributed by atoms with van der Waals surface area (Å²) in [6.07, 6.45) is 0. The predicted octanol–water partition coefficient (Wildman–Crippen LogP) is 1.41. The summed E-state index contributed by atoms with van der Waals surface area (Å²) in [4.78, 5) is 2.41. The molecule has 2 N–H and O–H groups in total. The van der Waals surface area contributed by atoms with Gasteiger partial charge in [0.15, 0.2) is 9.87 Å². The molecule has 0 aliphatic heterocycles. The lowest BCUT2D eigenvalue weighted by Gasteiger charge is -2.04. The lowest BCUT2D eigenvalue weighted by Crippen LogP contribution is -2.11. The Balaban J connectivity index is 0.000000224. The first-order valence-electron chi connectivity index (χ1n) is 5.64. The van der Waals surface area contributed by atoms with Gasteiger partial charge in [0.25, 0.3) is 0 Å². The molecule has 116 valence electrons. The van der Waals surface area contributed by atoms with Gasteiger partial charge < -0.3 is 4.55 Å². The number of hydrogen-bond acceptors (Lipinski definition) is 6. The minimum Gasteiger partial charge on any atom is -0.744 e. The second-order valence-corrected chi connectivity index (χ2v) is 6.79. The maximum absolute atomic E-state index is 10.8. The highest BCUT2D eigenvalue weighted by molar-refractivity contribution is 7.89. The molecular weight excluding hydrogens is 330 g/mol. The number of nitrogens with two attached hydrogens (primary N) is 1. The van der Waals surface area contributed by atoms with Crippen LogP contribution in [0.4, 0.5) is 5.69 Å². The van der Waals surface area contributed by atoms with Crippen LogP contribution in [0.2, 0.25) is 0 Å².